The normalized spacial score (nSPS) is 15.1. The summed E-state index contributed by atoms with van der Waals surface area (Å²) in [7, 11) is 0. The SMILES string of the molecule is Cc1cc(C)cc(NC(=O)[C@@H]2CC(=O)Nc3nc(Nc4cccc(Cl)c4)[nH]c(=O)c32)c1. The molecule has 9 heteroatoms. The van der Waals surface area contributed by atoms with Crippen LogP contribution in [0.2, 0.25) is 5.02 Å². The fourth-order valence-corrected chi connectivity index (χ4v) is 3.82. The number of halogens is 1. The van der Waals surface area contributed by atoms with Crippen molar-refractivity contribution in [3.63, 3.8) is 0 Å². The number of benzene rings is 2. The van der Waals surface area contributed by atoms with Gasteiger partial charge in [-0.25, -0.2) is 0 Å². The van der Waals surface area contributed by atoms with Gasteiger partial charge in [0.15, 0.2) is 0 Å². The molecule has 2 heterocycles. The lowest BCUT2D eigenvalue weighted by Crippen LogP contribution is -2.36. The van der Waals surface area contributed by atoms with Gasteiger partial charge >= 0.3 is 0 Å². The second-order valence-electron chi connectivity index (χ2n) is 7.48. The van der Waals surface area contributed by atoms with E-state index < -0.39 is 17.4 Å². The van der Waals surface area contributed by atoms with Gasteiger partial charge in [-0.3, -0.25) is 19.4 Å². The molecule has 31 heavy (non-hydrogen) atoms. The minimum atomic E-state index is -0.957. The van der Waals surface area contributed by atoms with E-state index in [1.54, 1.807) is 24.3 Å². The molecule has 1 aliphatic heterocycles. The van der Waals surface area contributed by atoms with Gasteiger partial charge in [-0.15, -0.1) is 0 Å². The van der Waals surface area contributed by atoms with Crippen LogP contribution in [-0.2, 0) is 9.59 Å². The lowest BCUT2D eigenvalue weighted by Gasteiger charge is -2.24. The summed E-state index contributed by atoms with van der Waals surface area (Å²) in [5, 5.41) is 8.86. The quantitative estimate of drug-likeness (QED) is 0.494. The first-order chi connectivity index (χ1) is 14.8. The summed E-state index contributed by atoms with van der Waals surface area (Å²) in [5.41, 5.74) is 2.83. The number of H-pyrrole nitrogens is 1. The maximum Gasteiger partial charge on any atom is 0.258 e. The number of rotatable bonds is 4. The summed E-state index contributed by atoms with van der Waals surface area (Å²) in [6.07, 6.45) is -0.143. The average molecular weight is 438 g/mol. The number of hydrogen-bond acceptors (Lipinski definition) is 5. The Morgan fingerprint density at radius 3 is 2.55 bits per heavy atom. The van der Waals surface area contributed by atoms with Crippen molar-refractivity contribution in [1.29, 1.82) is 0 Å². The van der Waals surface area contributed by atoms with Crippen LogP contribution >= 0.6 is 11.6 Å². The summed E-state index contributed by atoms with van der Waals surface area (Å²) in [4.78, 5) is 45.0. The van der Waals surface area contributed by atoms with Crippen molar-refractivity contribution < 1.29 is 9.59 Å². The maximum atomic E-state index is 13.0. The van der Waals surface area contributed by atoms with E-state index in [2.05, 4.69) is 25.9 Å². The Morgan fingerprint density at radius 1 is 1.10 bits per heavy atom. The van der Waals surface area contributed by atoms with E-state index in [-0.39, 0.29) is 29.7 Å². The van der Waals surface area contributed by atoms with Crippen LogP contribution < -0.4 is 21.5 Å². The molecule has 1 aromatic heterocycles. The zero-order valence-corrected chi connectivity index (χ0v) is 17.6. The average Bonchev–Trinajstić information content (AvgIpc) is 2.66. The number of carbonyl (C=O) groups is 2. The number of amides is 2. The number of aromatic nitrogens is 2. The van der Waals surface area contributed by atoms with E-state index in [1.165, 1.54) is 0 Å². The molecule has 3 aromatic rings. The van der Waals surface area contributed by atoms with Crippen LogP contribution in [0.4, 0.5) is 23.1 Å². The first-order valence-corrected chi connectivity index (χ1v) is 10.0. The van der Waals surface area contributed by atoms with Crippen molar-refractivity contribution in [2.75, 3.05) is 16.0 Å². The molecule has 0 radical (unpaired) electrons. The molecule has 2 amide bonds. The molecule has 0 saturated carbocycles. The number of nitrogens with zero attached hydrogens (tertiary/aromatic N) is 1. The third-order valence-electron chi connectivity index (χ3n) is 4.84. The lowest BCUT2D eigenvalue weighted by atomic mass is 9.92. The Morgan fingerprint density at radius 2 is 1.84 bits per heavy atom. The Balaban J connectivity index is 1.65. The van der Waals surface area contributed by atoms with Crippen LogP contribution in [0.5, 0.6) is 0 Å². The van der Waals surface area contributed by atoms with Gasteiger partial charge in [0, 0.05) is 22.8 Å². The van der Waals surface area contributed by atoms with Crippen molar-refractivity contribution >= 4 is 46.6 Å². The number of aryl methyl sites for hydroxylation is 2. The molecule has 2 aromatic carbocycles. The molecule has 0 spiro atoms. The molecule has 0 saturated heterocycles. The molecular weight excluding hydrogens is 418 g/mol. The number of anilines is 4. The fraction of sp³-hybridized carbons (Fsp3) is 0.182. The molecule has 0 fully saturated rings. The van der Waals surface area contributed by atoms with Crippen molar-refractivity contribution in [3.8, 4) is 0 Å². The van der Waals surface area contributed by atoms with Crippen molar-refractivity contribution in [2.45, 2.75) is 26.2 Å². The predicted molar refractivity (Wildman–Crippen MR) is 120 cm³/mol. The highest BCUT2D eigenvalue weighted by atomic mass is 35.5. The molecule has 8 nitrogen and oxygen atoms in total. The van der Waals surface area contributed by atoms with Crippen molar-refractivity contribution in [1.82, 2.24) is 9.97 Å². The zero-order chi connectivity index (χ0) is 22.1. The summed E-state index contributed by atoms with van der Waals surface area (Å²) in [6.45, 7) is 3.85. The lowest BCUT2D eigenvalue weighted by molar-refractivity contribution is -0.123. The first kappa shape index (κ1) is 20.6. The van der Waals surface area contributed by atoms with E-state index in [0.717, 1.165) is 11.1 Å². The number of hydrogen-bond donors (Lipinski definition) is 4. The molecule has 1 atom stereocenters. The number of fused-ring (bicyclic) bond motifs is 1. The van der Waals surface area contributed by atoms with Crippen LogP contribution in [0.25, 0.3) is 0 Å². The highest BCUT2D eigenvalue weighted by Crippen LogP contribution is 2.30. The standard InChI is InChI=1S/C22H20ClN5O3/c1-11-6-12(2)8-15(7-11)24-20(30)16-10-17(29)26-19-18(16)21(31)28-22(27-19)25-14-5-3-4-13(23)9-14/h3-9,16H,10H2,1-2H3,(H,24,30)(H3,25,26,27,28,29,31)/t16-/m1/s1. The van der Waals surface area contributed by atoms with Gasteiger partial charge in [-0.05, 0) is 55.3 Å². The zero-order valence-electron chi connectivity index (χ0n) is 16.9. The number of carbonyl (C=O) groups excluding carboxylic acids is 2. The van der Waals surface area contributed by atoms with Crippen LogP contribution in [0, 0.1) is 13.8 Å². The minimum Gasteiger partial charge on any atom is -0.326 e. The monoisotopic (exact) mass is 437 g/mol. The van der Waals surface area contributed by atoms with E-state index in [4.69, 9.17) is 11.6 Å². The molecule has 158 valence electrons. The van der Waals surface area contributed by atoms with Gasteiger partial charge in [0.05, 0.1) is 11.5 Å². The third-order valence-corrected chi connectivity index (χ3v) is 5.08. The van der Waals surface area contributed by atoms with Gasteiger partial charge in [0.1, 0.15) is 5.82 Å². The molecule has 0 bridgehead atoms. The van der Waals surface area contributed by atoms with Gasteiger partial charge in [-0.1, -0.05) is 23.7 Å². The first-order valence-electron chi connectivity index (χ1n) is 9.64. The van der Waals surface area contributed by atoms with Crippen LogP contribution in [-0.4, -0.2) is 21.8 Å². The van der Waals surface area contributed by atoms with Gasteiger partial charge < -0.3 is 16.0 Å². The summed E-state index contributed by atoms with van der Waals surface area (Å²) >= 11 is 5.98. The van der Waals surface area contributed by atoms with Gasteiger partial charge in [0.25, 0.3) is 5.56 Å². The Hall–Kier alpha value is -3.65. The number of nitrogens with one attached hydrogen (secondary N) is 4. The van der Waals surface area contributed by atoms with Crippen molar-refractivity contribution in [2.24, 2.45) is 0 Å². The van der Waals surface area contributed by atoms with Crippen LogP contribution in [0.15, 0.2) is 47.3 Å². The van der Waals surface area contributed by atoms with Gasteiger partial charge in [-0.2, -0.15) is 4.98 Å². The summed E-state index contributed by atoms with van der Waals surface area (Å²) in [6, 6.07) is 12.5. The minimum absolute atomic E-state index is 0.0603. The van der Waals surface area contributed by atoms with Crippen LogP contribution in [0.1, 0.15) is 29.0 Å². The molecule has 0 unspecified atom stereocenters. The van der Waals surface area contributed by atoms with Crippen molar-refractivity contribution in [3.05, 3.63) is 74.5 Å². The number of aromatic amines is 1. The molecule has 1 aliphatic rings. The molecule has 4 N–H and O–H groups in total. The Kier molecular flexibility index (Phi) is 5.48. The third kappa shape index (κ3) is 4.59. The molecular formula is C22H20ClN5O3. The maximum absolute atomic E-state index is 13.0. The fourth-order valence-electron chi connectivity index (χ4n) is 3.63. The predicted octanol–water partition coefficient (Wildman–Crippen LogP) is 3.85. The Bertz CT molecular complexity index is 1230. The Labute approximate surface area is 183 Å². The van der Waals surface area contributed by atoms with E-state index in [1.807, 2.05) is 32.0 Å². The second kappa shape index (κ2) is 8.23. The summed E-state index contributed by atoms with van der Waals surface area (Å²) < 4.78 is 0. The largest absolute Gasteiger partial charge is 0.326 e. The van der Waals surface area contributed by atoms with E-state index >= 15 is 0 Å². The van der Waals surface area contributed by atoms with Crippen LogP contribution in [0.3, 0.4) is 0 Å². The second-order valence-corrected chi connectivity index (χ2v) is 7.92. The summed E-state index contributed by atoms with van der Waals surface area (Å²) in [5.74, 6) is -1.60. The van der Waals surface area contributed by atoms with Gasteiger partial charge in [0.2, 0.25) is 17.8 Å². The highest BCUT2D eigenvalue weighted by Gasteiger charge is 2.34. The topological polar surface area (TPSA) is 116 Å². The smallest absolute Gasteiger partial charge is 0.258 e. The molecule has 0 aliphatic carbocycles. The van der Waals surface area contributed by atoms with E-state index in [0.29, 0.717) is 16.4 Å². The molecule has 4 rings (SSSR count). The highest BCUT2D eigenvalue weighted by molar-refractivity contribution is 6.30. The van der Waals surface area contributed by atoms with E-state index in [9.17, 15) is 14.4 Å².